The van der Waals surface area contributed by atoms with E-state index >= 15 is 0 Å². The van der Waals surface area contributed by atoms with Gasteiger partial charge in [-0.1, -0.05) is 12.1 Å². The lowest BCUT2D eigenvalue weighted by Gasteiger charge is -2.10. The number of amides is 1. The second kappa shape index (κ2) is 10.2. The van der Waals surface area contributed by atoms with E-state index in [-0.39, 0.29) is 23.3 Å². The molecule has 0 saturated heterocycles. The van der Waals surface area contributed by atoms with E-state index in [0.29, 0.717) is 17.1 Å². The zero-order chi connectivity index (χ0) is 25.9. The van der Waals surface area contributed by atoms with Crippen molar-refractivity contribution in [2.45, 2.75) is 39.3 Å². The number of benzene rings is 2. The van der Waals surface area contributed by atoms with Crippen LogP contribution in [0.5, 0.6) is 5.75 Å². The summed E-state index contributed by atoms with van der Waals surface area (Å²) in [5.74, 6) is 0.324. The summed E-state index contributed by atoms with van der Waals surface area (Å²) in [6.45, 7) is 7.61. The maximum atomic E-state index is 12.7. The van der Waals surface area contributed by atoms with Crippen LogP contribution < -0.4 is 14.8 Å². The summed E-state index contributed by atoms with van der Waals surface area (Å²) in [4.78, 5) is 20.8. The molecule has 186 valence electrons. The molecule has 2 aromatic carbocycles. The summed E-state index contributed by atoms with van der Waals surface area (Å²) in [6.07, 6.45) is 1.65. The van der Waals surface area contributed by atoms with Crippen molar-refractivity contribution in [1.82, 2.24) is 19.7 Å². The van der Waals surface area contributed by atoms with E-state index in [1.54, 1.807) is 32.2 Å². The molecule has 2 N–H and O–H groups in total. The fourth-order valence-electron chi connectivity index (χ4n) is 3.42. The van der Waals surface area contributed by atoms with E-state index in [1.165, 1.54) is 28.9 Å². The average molecular weight is 507 g/mol. The SMILES string of the molecule is Cc1ccc(C)c(OCn2ccc(C(=O)Nc3ccc(S(=O)(=O)Nc4nc(C)cc(C)n4)cc3)n2)c1. The van der Waals surface area contributed by atoms with Gasteiger partial charge in [0.2, 0.25) is 5.95 Å². The summed E-state index contributed by atoms with van der Waals surface area (Å²) in [6, 6.07) is 15.0. The highest BCUT2D eigenvalue weighted by atomic mass is 32.2. The smallest absolute Gasteiger partial charge is 0.276 e. The summed E-state index contributed by atoms with van der Waals surface area (Å²) >= 11 is 0. The van der Waals surface area contributed by atoms with Gasteiger partial charge in [-0.25, -0.2) is 27.8 Å². The van der Waals surface area contributed by atoms with Gasteiger partial charge in [-0.05, 0) is 81.3 Å². The van der Waals surface area contributed by atoms with Crippen LogP contribution in [0.3, 0.4) is 0 Å². The van der Waals surface area contributed by atoms with E-state index in [9.17, 15) is 13.2 Å². The lowest BCUT2D eigenvalue weighted by atomic mass is 10.1. The number of anilines is 2. The zero-order valence-electron chi connectivity index (χ0n) is 20.3. The van der Waals surface area contributed by atoms with Gasteiger partial charge in [0, 0.05) is 23.3 Å². The Balaban J connectivity index is 1.38. The number of hydrogen-bond donors (Lipinski definition) is 2. The van der Waals surface area contributed by atoms with E-state index < -0.39 is 15.9 Å². The van der Waals surface area contributed by atoms with Gasteiger partial charge in [0.25, 0.3) is 15.9 Å². The Hall–Kier alpha value is -4.25. The van der Waals surface area contributed by atoms with Crippen molar-refractivity contribution in [1.29, 1.82) is 0 Å². The second-order valence-electron chi connectivity index (χ2n) is 8.34. The quantitative estimate of drug-likeness (QED) is 0.370. The number of aromatic nitrogens is 4. The maximum absolute atomic E-state index is 12.7. The van der Waals surface area contributed by atoms with Crippen LogP contribution in [-0.4, -0.2) is 34.1 Å². The molecule has 0 aliphatic carbocycles. The summed E-state index contributed by atoms with van der Waals surface area (Å²) in [7, 11) is -3.89. The van der Waals surface area contributed by atoms with Gasteiger partial charge in [0.05, 0.1) is 4.90 Å². The van der Waals surface area contributed by atoms with Crippen LogP contribution in [0.4, 0.5) is 11.6 Å². The zero-order valence-corrected chi connectivity index (χ0v) is 21.1. The third-order valence-electron chi connectivity index (χ3n) is 5.20. The average Bonchev–Trinajstić information content (AvgIpc) is 3.28. The van der Waals surface area contributed by atoms with Crippen LogP contribution in [0, 0.1) is 27.7 Å². The first-order chi connectivity index (χ1) is 17.1. The van der Waals surface area contributed by atoms with Crippen molar-refractivity contribution in [3.63, 3.8) is 0 Å². The minimum atomic E-state index is -3.89. The molecule has 0 radical (unpaired) electrons. The molecule has 10 nitrogen and oxygen atoms in total. The van der Waals surface area contributed by atoms with Crippen molar-refractivity contribution in [3.8, 4) is 5.75 Å². The number of sulfonamides is 1. The molecule has 1 amide bonds. The van der Waals surface area contributed by atoms with Gasteiger partial charge < -0.3 is 10.1 Å². The van der Waals surface area contributed by atoms with Gasteiger partial charge in [-0.3, -0.25) is 4.79 Å². The minimum absolute atomic E-state index is 0.00186. The van der Waals surface area contributed by atoms with E-state index in [4.69, 9.17) is 4.74 Å². The van der Waals surface area contributed by atoms with E-state index in [1.807, 2.05) is 32.0 Å². The Labute approximate surface area is 209 Å². The number of ether oxygens (including phenoxy) is 1. The first-order valence-corrected chi connectivity index (χ1v) is 12.6. The number of nitrogens with one attached hydrogen (secondary N) is 2. The molecule has 0 unspecified atom stereocenters. The first-order valence-electron chi connectivity index (χ1n) is 11.1. The Morgan fingerprint density at radius 1 is 0.944 bits per heavy atom. The molecule has 0 spiro atoms. The molecule has 0 saturated carbocycles. The molecule has 4 aromatic rings. The third-order valence-corrected chi connectivity index (χ3v) is 6.54. The van der Waals surface area contributed by atoms with Crippen molar-refractivity contribution in [2.24, 2.45) is 0 Å². The van der Waals surface area contributed by atoms with Gasteiger partial charge >= 0.3 is 0 Å². The van der Waals surface area contributed by atoms with E-state index in [2.05, 4.69) is 25.1 Å². The number of carbonyl (C=O) groups is 1. The third kappa shape index (κ3) is 6.05. The molecule has 11 heteroatoms. The Morgan fingerprint density at radius 2 is 1.64 bits per heavy atom. The Bertz CT molecular complexity index is 1490. The molecule has 4 rings (SSSR count). The van der Waals surface area contributed by atoms with Gasteiger partial charge in [0.1, 0.15) is 5.75 Å². The second-order valence-corrected chi connectivity index (χ2v) is 10.0. The highest BCUT2D eigenvalue weighted by molar-refractivity contribution is 7.92. The van der Waals surface area contributed by atoms with Crippen molar-refractivity contribution in [3.05, 3.63) is 89.0 Å². The number of nitrogens with zero attached hydrogens (tertiary/aromatic N) is 4. The van der Waals surface area contributed by atoms with Crippen LogP contribution >= 0.6 is 0 Å². The summed E-state index contributed by atoms with van der Waals surface area (Å²) in [5, 5.41) is 6.96. The molecule has 0 atom stereocenters. The van der Waals surface area contributed by atoms with Crippen LogP contribution in [0.15, 0.2) is 65.7 Å². The number of hydrogen-bond acceptors (Lipinski definition) is 7. The molecular formula is C25H26N6O4S. The predicted octanol–water partition coefficient (Wildman–Crippen LogP) is 4.00. The fourth-order valence-corrected chi connectivity index (χ4v) is 4.36. The fraction of sp³-hybridized carbons (Fsp3) is 0.200. The molecular weight excluding hydrogens is 480 g/mol. The highest BCUT2D eigenvalue weighted by Gasteiger charge is 2.17. The van der Waals surface area contributed by atoms with Gasteiger partial charge in [0.15, 0.2) is 12.4 Å². The molecule has 0 aliphatic rings. The molecule has 0 bridgehead atoms. The standard InChI is InChI=1S/C25H26N6O4S/c1-16-5-6-17(2)23(13-16)35-15-31-12-11-22(29-31)24(32)28-20-7-9-21(10-8-20)36(33,34)30-25-26-18(3)14-19(4)27-25/h5-14H,15H2,1-4H3,(H,28,32)(H,26,27,30). The Kier molecular flexibility index (Phi) is 7.02. The van der Waals surface area contributed by atoms with Gasteiger partial charge in [-0.2, -0.15) is 5.10 Å². The Morgan fingerprint density at radius 3 is 2.33 bits per heavy atom. The topological polar surface area (TPSA) is 128 Å². The molecule has 0 fully saturated rings. The lowest BCUT2D eigenvalue weighted by Crippen LogP contribution is -2.16. The molecule has 2 heterocycles. The van der Waals surface area contributed by atoms with Crippen LogP contribution in [0.25, 0.3) is 0 Å². The van der Waals surface area contributed by atoms with Crippen molar-refractivity contribution >= 4 is 27.6 Å². The summed E-state index contributed by atoms with van der Waals surface area (Å²) < 4.78 is 35.1. The van der Waals surface area contributed by atoms with Gasteiger partial charge in [-0.15, -0.1) is 0 Å². The molecule has 2 aromatic heterocycles. The van der Waals surface area contributed by atoms with Crippen LogP contribution in [0.1, 0.15) is 33.0 Å². The lowest BCUT2D eigenvalue weighted by molar-refractivity contribution is 0.102. The monoisotopic (exact) mass is 506 g/mol. The maximum Gasteiger partial charge on any atom is 0.276 e. The largest absolute Gasteiger partial charge is 0.471 e. The number of rotatable bonds is 8. The highest BCUT2D eigenvalue weighted by Crippen LogP contribution is 2.20. The summed E-state index contributed by atoms with van der Waals surface area (Å²) in [5.41, 5.74) is 4.01. The van der Waals surface area contributed by atoms with Crippen molar-refractivity contribution in [2.75, 3.05) is 10.0 Å². The minimum Gasteiger partial charge on any atom is -0.471 e. The van der Waals surface area contributed by atoms with Crippen LogP contribution in [0.2, 0.25) is 0 Å². The van der Waals surface area contributed by atoms with E-state index in [0.717, 1.165) is 16.9 Å². The number of carbonyl (C=O) groups excluding carboxylic acids is 1. The van der Waals surface area contributed by atoms with Crippen LogP contribution in [-0.2, 0) is 16.8 Å². The first kappa shape index (κ1) is 24.9. The van der Waals surface area contributed by atoms with Crippen molar-refractivity contribution < 1.29 is 17.9 Å². The normalized spacial score (nSPS) is 11.2. The number of aryl methyl sites for hydroxylation is 4. The molecule has 0 aliphatic heterocycles. The molecule has 36 heavy (non-hydrogen) atoms. The predicted molar refractivity (Wildman–Crippen MR) is 135 cm³/mol.